The van der Waals surface area contributed by atoms with E-state index in [0.29, 0.717) is 66.9 Å². The van der Waals surface area contributed by atoms with Crippen LogP contribution in [0.15, 0.2) is 48.5 Å². The molecular weight excluding hydrogens is 453 g/mol. The summed E-state index contributed by atoms with van der Waals surface area (Å²) >= 11 is 11.7. The Labute approximate surface area is 197 Å². The minimum absolute atomic E-state index is 0.0234. The third-order valence-electron chi connectivity index (χ3n) is 5.12. The first-order chi connectivity index (χ1) is 15.4. The first-order valence-corrected chi connectivity index (χ1v) is 11.2. The molecule has 0 aromatic heterocycles. The number of carbonyl (C=O) groups is 3. The van der Waals surface area contributed by atoms with Gasteiger partial charge in [-0.05, 0) is 55.0 Å². The summed E-state index contributed by atoms with van der Waals surface area (Å²) in [4.78, 5) is 40.3. The van der Waals surface area contributed by atoms with E-state index in [9.17, 15) is 14.4 Å². The molecule has 3 amide bonds. The fourth-order valence-electron chi connectivity index (χ4n) is 3.28. The van der Waals surface area contributed by atoms with Gasteiger partial charge in [-0.1, -0.05) is 23.2 Å². The highest BCUT2D eigenvalue weighted by atomic mass is 35.5. The molecule has 0 spiro atoms. The molecule has 1 fully saturated rings. The van der Waals surface area contributed by atoms with Gasteiger partial charge in [-0.2, -0.15) is 0 Å². The van der Waals surface area contributed by atoms with Crippen LogP contribution in [0.1, 0.15) is 23.2 Å². The molecule has 2 aromatic rings. The number of rotatable bonds is 8. The normalized spacial score (nSPS) is 13.6. The van der Waals surface area contributed by atoms with Gasteiger partial charge in [0, 0.05) is 54.8 Å². The largest absolute Gasteiger partial charge is 0.484 e. The van der Waals surface area contributed by atoms with E-state index in [0.717, 1.165) is 0 Å². The lowest BCUT2D eigenvalue weighted by molar-refractivity contribution is -0.140. The Morgan fingerprint density at radius 2 is 1.34 bits per heavy atom. The van der Waals surface area contributed by atoms with Gasteiger partial charge in [0.2, 0.25) is 5.91 Å². The van der Waals surface area contributed by atoms with E-state index in [2.05, 4.69) is 5.32 Å². The molecule has 0 bridgehead atoms. The number of carbonyl (C=O) groups excluding carboxylic acids is 3. The monoisotopic (exact) mass is 477 g/mol. The lowest BCUT2D eigenvalue weighted by atomic mass is 10.2. The molecule has 1 saturated heterocycles. The second-order valence-corrected chi connectivity index (χ2v) is 8.24. The van der Waals surface area contributed by atoms with E-state index >= 15 is 0 Å². The van der Waals surface area contributed by atoms with Gasteiger partial charge in [-0.15, -0.1) is 0 Å². The van der Waals surface area contributed by atoms with Gasteiger partial charge >= 0.3 is 0 Å². The van der Waals surface area contributed by atoms with Crippen molar-refractivity contribution in [2.24, 2.45) is 0 Å². The van der Waals surface area contributed by atoms with Crippen molar-refractivity contribution in [3.8, 4) is 5.75 Å². The number of amides is 3. The Kier molecular flexibility index (Phi) is 8.76. The van der Waals surface area contributed by atoms with E-state index < -0.39 is 0 Å². The molecule has 0 atom stereocenters. The Balaban J connectivity index is 1.31. The molecule has 3 rings (SSSR count). The van der Waals surface area contributed by atoms with Crippen LogP contribution < -0.4 is 10.1 Å². The van der Waals surface area contributed by atoms with Crippen LogP contribution in [0.5, 0.6) is 5.75 Å². The summed E-state index contributed by atoms with van der Waals surface area (Å²) in [7, 11) is 0. The smallest absolute Gasteiger partial charge is 0.260 e. The third-order valence-corrected chi connectivity index (χ3v) is 5.62. The fourth-order valence-corrected chi connectivity index (χ4v) is 3.53. The molecule has 7 nitrogen and oxygen atoms in total. The molecule has 0 saturated carbocycles. The highest BCUT2D eigenvalue weighted by Crippen LogP contribution is 2.16. The van der Waals surface area contributed by atoms with Crippen molar-refractivity contribution in [1.82, 2.24) is 15.1 Å². The van der Waals surface area contributed by atoms with Gasteiger partial charge in [0.15, 0.2) is 6.61 Å². The minimum Gasteiger partial charge on any atom is -0.484 e. The maximum Gasteiger partial charge on any atom is 0.260 e. The van der Waals surface area contributed by atoms with Crippen LogP contribution in [0, 0.1) is 0 Å². The average Bonchev–Trinajstić information content (AvgIpc) is 2.81. The van der Waals surface area contributed by atoms with Crippen LogP contribution in [-0.4, -0.2) is 66.9 Å². The van der Waals surface area contributed by atoms with E-state index in [1.807, 2.05) is 0 Å². The zero-order valence-electron chi connectivity index (χ0n) is 17.6. The van der Waals surface area contributed by atoms with Crippen LogP contribution in [-0.2, 0) is 9.59 Å². The summed E-state index contributed by atoms with van der Waals surface area (Å²) < 4.78 is 5.50. The van der Waals surface area contributed by atoms with Crippen molar-refractivity contribution >= 4 is 40.9 Å². The number of ether oxygens (including phenoxy) is 1. The van der Waals surface area contributed by atoms with Gasteiger partial charge in [0.25, 0.3) is 11.8 Å². The zero-order chi connectivity index (χ0) is 22.9. The van der Waals surface area contributed by atoms with E-state index in [-0.39, 0.29) is 24.3 Å². The number of nitrogens with zero attached hydrogens (tertiary/aromatic N) is 2. The maximum atomic E-state index is 12.4. The van der Waals surface area contributed by atoms with Gasteiger partial charge in [-0.25, -0.2) is 0 Å². The first-order valence-electron chi connectivity index (χ1n) is 10.4. The fraction of sp³-hybridized carbons (Fsp3) is 0.348. The van der Waals surface area contributed by atoms with Crippen molar-refractivity contribution in [2.45, 2.75) is 12.8 Å². The van der Waals surface area contributed by atoms with Gasteiger partial charge in [0.1, 0.15) is 5.75 Å². The van der Waals surface area contributed by atoms with Crippen LogP contribution >= 0.6 is 23.2 Å². The predicted molar refractivity (Wildman–Crippen MR) is 123 cm³/mol. The Hall–Kier alpha value is -2.77. The van der Waals surface area contributed by atoms with Gasteiger partial charge < -0.3 is 19.9 Å². The molecular formula is C23H25Cl2N3O4. The zero-order valence-corrected chi connectivity index (χ0v) is 19.1. The van der Waals surface area contributed by atoms with Crippen LogP contribution in [0.3, 0.4) is 0 Å². The number of hydrogen-bond acceptors (Lipinski definition) is 4. The van der Waals surface area contributed by atoms with Crippen molar-refractivity contribution < 1.29 is 19.1 Å². The molecule has 9 heteroatoms. The Bertz CT molecular complexity index is 927. The van der Waals surface area contributed by atoms with Crippen molar-refractivity contribution in [1.29, 1.82) is 0 Å². The van der Waals surface area contributed by atoms with Crippen LogP contribution in [0.2, 0.25) is 10.0 Å². The van der Waals surface area contributed by atoms with Crippen molar-refractivity contribution in [2.75, 3.05) is 39.3 Å². The van der Waals surface area contributed by atoms with E-state index in [1.165, 1.54) is 0 Å². The second kappa shape index (κ2) is 11.7. The number of piperazine rings is 1. The number of halogens is 2. The van der Waals surface area contributed by atoms with Crippen molar-refractivity contribution in [3.63, 3.8) is 0 Å². The standard InChI is InChI=1S/C23H25Cl2N3O4/c24-18-5-3-17(4-6-18)23(31)26-11-1-2-21(29)27-12-14-28(15-13-27)22(30)16-32-20-9-7-19(25)8-10-20/h3-10H,1-2,11-16H2,(H,26,31). The van der Waals surface area contributed by atoms with E-state index in [4.69, 9.17) is 27.9 Å². The number of hydrogen-bond donors (Lipinski definition) is 1. The number of benzene rings is 2. The maximum absolute atomic E-state index is 12.4. The highest BCUT2D eigenvalue weighted by Gasteiger charge is 2.24. The van der Waals surface area contributed by atoms with Crippen molar-refractivity contribution in [3.05, 3.63) is 64.1 Å². The molecule has 0 radical (unpaired) electrons. The quantitative estimate of drug-likeness (QED) is 0.591. The molecule has 1 heterocycles. The molecule has 170 valence electrons. The van der Waals surface area contributed by atoms with Gasteiger partial charge in [-0.3, -0.25) is 14.4 Å². The molecule has 32 heavy (non-hydrogen) atoms. The summed E-state index contributed by atoms with van der Waals surface area (Å²) in [5.41, 5.74) is 0.529. The number of nitrogens with one attached hydrogen (secondary N) is 1. The topological polar surface area (TPSA) is 79.0 Å². The SMILES string of the molecule is O=C(NCCCC(=O)N1CCN(C(=O)COc2ccc(Cl)cc2)CC1)c1ccc(Cl)cc1. The second-order valence-electron chi connectivity index (χ2n) is 7.37. The van der Waals surface area contributed by atoms with Crippen LogP contribution in [0.25, 0.3) is 0 Å². The average molecular weight is 478 g/mol. The predicted octanol–water partition coefficient (Wildman–Crippen LogP) is 3.25. The van der Waals surface area contributed by atoms with Crippen LogP contribution in [0.4, 0.5) is 0 Å². The molecule has 1 N–H and O–H groups in total. The molecule has 1 aliphatic heterocycles. The van der Waals surface area contributed by atoms with Gasteiger partial charge in [0.05, 0.1) is 0 Å². The summed E-state index contributed by atoms with van der Waals surface area (Å²) in [5.74, 6) is 0.300. The molecule has 0 aliphatic carbocycles. The molecule has 2 aromatic carbocycles. The summed E-state index contributed by atoms with van der Waals surface area (Å²) in [6, 6.07) is 13.5. The Morgan fingerprint density at radius 1 is 0.812 bits per heavy atom. The summed E-state index contributed by atoms with van der Waals surface area (Å²) in [6.45, 7) is 2.28. The lowest BCUT2D eigenvalue weighted by Crippen LogP contribution is -2.51. The first kappa shape index (κ1) is 23.9. The lowest BCUT2D eigenvalue weighted by Gasteiger charge is -2.34. The molecule has 1 aliphatic rings. The van der Waals surface area contributed by atoms with E-state index in [1.54, 1.807) is 58.3 Å². The third kappa shape index (κ3) is 7.14. The highest BCUT2D eigenvalue weighted by molar-refractivity contribution is 6.30. The Morgan fingerprint density at radius 3 is 1.94 bits per heavy atom. The minimum atomic E-state index is -0.193. The molecule has 0 unspecified atom stereocenters. The summed E-state index contributed by atoms with van der Waals surface area (Å²) in [6.07, 6.45) is 0.890. The summed E-state index contributed by atoms with van der Waals surface area (Å²) in [5, 5.41) is 3.98.